The molecular weight excluding hydrogens is 617 g/mol. The molecular formula is C39H45Cl2NO4. The lowest BCUT2D eigenvalue weighted by Gasteiger charge is -2.52. The molecule has 3 aromatic rings. The van der Waals surface area contributed by atoms with Crippen LogP contribution in [0, 0.1) is 29.1 Å². The quantitative estimate of drug-likeness (QED) is 0.119. The van der Waals surface area contributed by atoms with Crippen molar-refractivity contribution in [3.8, 4) is 5.75 Å². The summed E-state index contributed by atoms with van der Waals surface area (Å²) in [6, 6.07) is 23.8. The molecule has 2 saturated carbocycles. The number of rotatable bonds is 12. The number of nitrogens with zero attached hydrogens (tertiary/aromatic N) is 1. The number of hydrogen-bond donors (Lipinski definition) is 1. The fourth-order valence-electron chi connectivity index (χ4n) is 9.33. The molecule has 3 aromatic carbocycles. The molecule has 3 aliphatic rings. The molecule has 0 spiro atoms. The topological polar surface area (TPSA) is 66.8 Å². The van der Waals surface area contributed by atoms with Gasteiger partial charge >= 0.3 is 11.9 Å². The molecule has 1 unspecified atom stereocenters. The summed E-state index contributed by atoms with van der Waals surface area (Å²) in [5.74, 6) is 2.16. The molecule has 0 bridgehead atoms. The van der Waals surface area contributed by atoms with Crippen LogP contribution >= 0.6 is 23.2 Å². The Labute approximate surface area is 283 Å². The summed E-state index contributed by atoms with van der Waals surface area (Å²) < 4.78 is 5.74. The number of anilines is 1. The number of ether oxygens (including phenoxy) is 1. The predicted molar refractivity (Wildman–Crippen MR) is 185 cm³/mol. The number of carboxylic acid groups (broad SMARTS) is 1. The van der Waals surface area contributed by atoms with Crippen molar-refractivity contribution in [3.05, 3.63) is 95.1 Å². The minimum absolute atomic E-state index is 0.0420. The number of benzene rings is 3. The van der Waals surface area contributed by atoms with Gasteiger partial charge < -0.3 is 14.7 Å². The number of aryl methyl sites for hydroxylation is 2. The van der Waals surface area contributed by atoms with Crippen LogP contribution in [0.4, 0.5) is 5.69 Å². The first-order chi connectivity index (χ1) is 22.3. The van der Waals surface area contributed by atoms with Gasteiger partial charge in [0.05, 0.1) is 11.5 Å². The second-order valence-corrected chi connectivity index (χ2v) is 14.5. The Morgan fingerprint density at radius 2 is 1.70 bits per heavy atom. The monoisotopic (exact) mass is 661 g/mol. The number of carbonyl (C=O) groups excluding carboxylic acids is 1. The van der Waals surface area contributed by atoms with E-state index in [1.165, 1.54) is 16.7 Å². The van der Waals surface area contributed by atoms with Crippen molar-refractivity contribution in [3.63, 3.8) is 0 Å². The van der Waals surface area contributed by atoms with E-state index in [2.05, 4.69) is 48.2 Å². The van der Waals surface area contributed by atoms with E-state index in [4.69, 9.17) is 27.9 Å². The normalized spacial score (nSPS) is 25.5. The second-order valence-electron chi connectivity index (χ2n) is 13.8. The first-order valence-electron chi connectivity index (χ1n) is 16.9. The third-order valence-corrected chi connectivity index (χ3v) is 11.9. The lowest BCUT2D eigenvalue weighted by molar-refractivity contribution is -0.146. The molecule has 2 fully saturated rings. The fourth-order valence-corrected chi connectivity index (χ4v) is 9.74. The minimum atomic E-state index is -0.646. The summed E-state index contributed by atoms with van der Waals surface area (Å²) in [7, 11) is 0. The average molecular weight is 663 g/mol. The number of aliphatic carboxylic acids is 1. The lowest BCUT2D eigenvalue weighted by Crippen LogP contribution is -2.45. The van der Waals surface area contributed by atoms with Gasteiger partial charge in [-0.2, -0.15) is 0 Å². The molecule has 0 aliphatic heterocycles. The first kappa shape index (κ1) is 32.9. The van der Waals surface area contributed by atoms with Crippen molar-refractivity contribution < 1.29 is 19.4 Å². The van der Waals surface area contributed by atoms with E-state index in [9.17, 15) is 14.7 Å². The summed E-state index contributed by atoms with van der Waals surface area (Å²) in [5, 5.41) is 10.5. The molecule has 0 amide bonds. The van der Waals surface area contributed by atoms with Gasteiger partial charge in [-0.1, -0.05) is 43.3 Å². The highest BCUT2D eigenvalue weighted by molar-refractivity contribution is 6.18. The largest absolute Gasteiger partial charge is 0.481 e. The van der Waals surface area contributed by atoms with Gasteiger partial charge in [-0.15, -0.1) is 23.2 Å². The molecule has 6 atom stereocenters. The average Bonchev–Trinajstić information content (AvgIpc) is 3.42. The van der Waals surface area contributed by atoms with E-state index < -0.39 is 5.97 Å². The second kappa shape index (κ2) is 14.4. The van der Waals surface area contributed by atoms with Gasteiger partial charge in [0, 0.05) is 30.5 Å². The molecule has 0 heterocycles. The zero-order valence-corrected chi connectivity index (χ0v) is 28.2. The summed E-state index contributed by atoms with van der Waals surface area (Å²) in [5.41, 5.74) is 5.55. The zero-order valence-electron chi connectivity index (χ0n) is 26.7. The van der Waals surface area contributed by atoms with Gasteiger partial charge in [-0.25, -0.2) is 4.79 Å². The van der Waals surface area contributed by atoms with Gasteiger partial charge in [0.25, 0.3) is 0 Å². The van der Waals surface area contributed by atoms with Crippen molar-refractivity contribution in [2.75, 3.05) is 29.7 Å². The Hall–Kier alpha value is -3.02. The van der Waals surface area contributed by atoms with Crippen LogP contribution in [0.2, 0.25) is 0 Å². The molecule has 6 rings (SSSR count). The summed E-state index contributed by atoms with van der Waals surface area (Å²) in [6.07, 6.45) is 7.74. The number of carboxylic acids is 1. The van der Waals surface area contributed by atoms with Gasteiger partial charge in [-0.05, 0) is 134 Å². The van der Waals surface area contributed by atoms with E-state index >= 15 is 0 Å². The number of esters is 1. The third kappa shape index (κ3) is 6.69. The van der Waals surface area contributed by atoms with Crippen LogP contribution in [-0.2, 0) is 17.6 Å². The van der Waals surface area contributed by atoms with Crippen molar-refractivity contribution >= 4 is 40.8 Å². The number of hydrogen-bond acceptors (Lipinski definition) is 4. The first-order valence-corrected chi connectivity index (χ1v) is 18.0. The van der Waals surface area contributed by atoms with E-state index in [0.29, 0.717) is 47.2 Å². The molecule has 0 radical (unpaired) electrons. The molecule has 5 nitrogen and oxygen atoms in total. The maximum Gasteiger partial charge on any atom is 0.343 e. The van der Waals surface area contributed by atoms with E-state index in [0.717, 1.165) is 63.7 Å². The van der Waals surface area contributed by atoms with Crippen molar-refractivity contribution in [1.82, 2.24) is 0 Å². The number of halogens is 2. The smallest absolute Gasteiger partial charge is 0.343 e. The molecule has 7 heteroatoms. The molecule has 0 saturated heterocycles. The van der Waals surface area contributed by atoms with E-state index in [-0.39, 0.29) is 23.2 Å². The summed E-state index contributed by atoms with van der Waals surface area (Å²) in [4.78, 5) is 27.6. The summed E-state index contributed by atoms with van der Waals surface area (Å²) >= 11 is 12.0. The van der Waals surface area contributed by atoms with Crippen molar-refractivity contribution in [1.29, 1.82) is 0 Å². The minimum Gasteiger partial charge on any atom is -0.481 e. The Morgan fingerprint density at radius 3 is 2.39 bits per heavy atom. The summed E-state index contributed by atoms with van der Waals surface area (Å²) in [6.45, 7) is 3.89. The molecule has 244 valence electrons. The predicted octanol–water partition coefficient (Wildman–Crippen LogP) is 9.00. The Morgan fingerprint density at radius 1 is 0.957 bits per heavy atom. The SMILES string of the molecule is C[C@]12CC[C@@H]3c4ccc(OC(=O)c5ccccc5)cc4CC[C@H]3[C@@H]1CC[C@@H]2C(CCc1ccc(N(CCCl)CCCl)cc1)C(=O)O. The fraction of sp³-hybridized carbons (Fsp3) is 0.487. The Bertz CT molecular complexity index is 1510. The van der Waals surface area contributed by atoms with Crippen molar-refractivity contribution in [2.45, 2.75) is 64.2 Å². The van der Waals surface area contributed by atoms with Gasteiger partial charge in [0.1, 0.15) is 5.75 Å². The van der Waals surface area contributed by atoms with Gasteiger partial charge in [0.15, 0.2) is 0 Å². The van der Waals surface area contributed by atoms with Crippen LogP contribution in [0.25, 0.3) is 0 Å². The number of alkyl halides is 2. The lowest BCUT2D eigenvalue weighted by atomic mass is 9.53. The highest BCUT2D eigenvalue weighted by atomic mass is 35.5. The van der Waals surface area contributed by atoms with Crippen LogP contribution < -0.4 is 9.64 Å². The van der Waals surface area contributed by atoms with Crippen LogP contribution in [0.1, 0.15) is 78.4 Å². The molecule has 3 aliphatic carbocycles. The van der Waals surface area contributed by atoms with Gasteiger partial charge in [0.2, 0.25) is 0 Å². The highest BCUT2D eigenvalue weighted by Gasteiger charge is 2.57. The van der Waals surface area contributed by atoms with Crippen LogP contribution in [-0.4, -0.2) is 41.9 Å². The molecule has 46 heavy (non-hydrogen) atoms. The Balaban J connectivity index is 1.12. The zero-order chi connectivity index (χ0) is 32.3. The number of carbonyl (C=O) groups is 2. The Kier molecular flexibility index (Phi) is 10.3. The van der Waals surface area contributed by atoms with Crippen LogP contribution in [0.15, 0.2) is 72.8 Å². The van der Waals surface area contributed by atoms with Crippen LogP contribution in [0.3, 0.4) is 0 Å². The standard InChI is InChI=1S/C39H45Cl2NO4/c1-39-20-19-32-31-16-13-30(46-38(45)27-5-3-2-4-6-27)25-28(31)10-15-33(32)35(39)17-18-36(39)34(37(43)44)14-9-26-7-11-29(12-8-26)42(23-21-40)24-22-41/h2-8,11-13,16,25,32-36H,9-10,14-15,17-24H2,1H3,(H,43,44)/t32-,33-,34?,35+,36-,39+/m1/s1. The highest BCUT2D eigenvalue weighted by Crippen LogP contribution is 2.64. The van der Waals surface area contributed by atoms with Crippen molar-refractivity contribution in [2.24, 2.45) is 29.1 Å². The molecule has 0 aromatic heterocycles. The maximum atomic E-state index is 12.8. The van der Waals surface area contributed by atoms with Gasteiger partial charge in [-0.3, -0.25) is 4.79 Å². The number of fused-ring (bicyclic) bond motifs is 5. The maximum absolute atomic E-state index is 12.8. The van der Waals surface area contributed by atoms with E-state index in [1.807, 2.05) is 24.3 Å². The molecule has 1 N–H and O–H groups in total. The third-order valence-electron chi connectivity index (χ3n) is 11.5. The van der Waals surface area contributed by atoms with E-state index in [1.54, 1.807) is 12.1 Å². The van der Waals surface area contributed by atoms with Crippen LogP contribution in [0.5, 0.6) is 5.75 Å².